The molecule has 0 bridgehead atoms. The Morgan fingerprint density at radius 3 is 2.59 bits per heavy atom. The zero-order chi connectivity index (χ0) is 19.0. The molecule has 134 valence electrons. The summed E-state index contributed by atoms with van der Waals surface area (Å²) < 4.78 is 0. The molecule has 1 aliphatic heterocycles. The third-order valence-electron chi connectivity index (χ3n) is 4.19. The molecule has 1 saturated heterocycles. The van der Waals surface area contributed by atoms with E-state index in [4.69, 9.17) is 11.6 Å². The predicted molar refractivity (Wildman–Crippen MR) is 103 cm³/mol. The quantitative estimate of drug-likeness (QED) is 0.412. The van der Waals surface area contributed by atoms with Gasteiger partial charge in [0.2, 0.25) is 0 Å². The van der Waals surface area contributed by atoms with Crippen molar-refractivity contribution < 1.29 is 14.7 Å². The van der Waals surface area contributed by atoms with E-state index in [1.807, 2.05) is 0 Å². The number of aliphatic hydroxyl groups excluding tert-OH is 1. The normalized spacial score (nSPS) is 18.9. The minimum atomic E-state index is -0.831. The standard InChI is InChI=1S/C19H12ClN3O3S/c20-13-3-1-2-12(10-13)15-14(16(24)11-4-6-21-7-5-11)17(25)18(26)23(15)19-22-8-9-27-19/h1-10,15,24H. The lowest BCUT2D eigenvalue weighted by molar-refractivity contribution is -0.132. The Balaban J connectivity index is 1.96. The molecule has 1 fully saturated rings. The van der Waals surface area contributed by atoms with Crippen molar-refractivity contribution in [3.63, 3.8) is 0 Å². The van der Waals surface area contributed by atoms with Crippen LogP contribution in [-0.2, 0) is 9.59 Å². The number of aliphatic hydroxyl groups is 1. The van der Waals surface area contributed by atoms with Gasteiger partial charge < -0.3 is 5.11 Å². The SMILES string of the molecule is O=C1C(=O)N(c2nccs2)C(c2cccc(Cl)c2)C1=C(O)c1ccncc1. The van der Waals surface area contributed by atoms with Crippen LogP contribution in [0.1, 0.15) is 17.2 Å². The van der Waals surface area contributed by atoms with Gasteiger partial charge in [-0.15, -0.1) is 11.3 Å². The molecule has 8 heteroatoms. The van der Waals surface area contributed by atoms with E-state index in [0.717, 1.165) is 0 Å². The van der Waals surface area contributed by atoms with Crippen LogP contribution in [0.15, 0.2) is 65.9 Å². The molecule has 1 amide bonds. The predicted octanol–water partition coefficient (Wildman–Crippen LogP) is 3.82. The van der Waals surface area contributed by atoms with E-state index in [1.165, 1.54) is 28.6 Å². The van der Waals surface area contributed by atoms with Crippen LogP contribution in [-0.4, -0.2) is 26.8 Å². The lowest BCUT2D eigenvalue weighted by Gasteiger charge is -2.23. The highest BCUT2D eigenvalue weighted by Gasteiger charge is 2.47. The minimum absolute atomic E-state index is 0.0105. The molecule has 1 unspecified atom stereocenters. The number of hydrogen-bond donors (Lipinski definition) is 1. The van der Waals surface area contributed by atoms with E-state index in [2.05, 4.69) is 9.97 Å². The fraction of sp³-hybridized carbons (Fsp3) is 0.0526. The molecule has 4 rings (SSSR count). The Morgan fingerprint density at radius 1 is 1.15 bits per heavy atom. The van der Waals surface area contributed by atoms with Crippen molar-refractivity contribution in [1.82, 2.24) is 9.97 Å². The van der Waals surface area contributed by atoms with Crippen molar-refractivity contribution in [2.75, 3.05) is 4.90 Å². The lowest BCUT2D eigenvalue weighted by Crippen LogP contribution is -2.29. The molecule has 0 radical (unpaired) electrons. The smallest absolute Gasteiger partial charge is 0.301 e. The minimum Gasteiger partial charge on any atom is -0.507 e. The molecule has 3 aromatic rings. The molecule has 2 aromatic heterocycles. The molecular formula is C19H12ClN3O3S. The highest BCUT2D eigenvalue weighted by molar-refractivity contribution is 7.14. The summed E-state index contributed by atoms with van der Waals surface area (Å²) in [6.07, 6.45) is 4.55. The molecule has 0 aliphatic carbocycles. The number of carbonyl (C=O) groups excluding carboxylic acids is 2. The number of rotatable bonds is 3. The molecule has 0 spiro atoms. The molecule has 3 heterocycles. The number of hydrogen-bond acceptors (Lipinski definition) is 6. The second-order valence-corrected chi connectivity index (χ2v) is 7.08. The summed E-state index contributed by atoms with van der Waals surface area (Å²) >= 11 is 7.36. The summed E-state index contributed by atoms with van der Waals surface area (Å²) in [5.74, 6) is -1.78. The molecule has 1 N–H and O–H groups in total. The first kappa shape index (κ1) is 17.4. The summed E-state index contributed by atoms with van der Waals surface area (Å²) in [7, 11) is 0. The summed E-state index contributed by atoms with van der Waals surface area (Å²) in [5, 5.41) is 13.4. The third kappa shape index (κ3) is 3.01. The second-order valence-electron chi connectivity index (χ2n) is 5.77. The van der Waals surface area contributed by atoms with Gasteiger partial charge in [-0.25, -0.2) is 4.98 Å². The Hall–Kier alpha value is -3.03. The van der Waals surface area contributed by atoms with Gasteiger partial charge in [-0.05, 0) is 29.8 Å². The number of benzene rings is 1. The number of ketones is 1. The van der Waals surface area contributed by atoms with Crippen molar-refractivity contribution in [2.45, 2.75) is 6.04 Å². The Bertz CT molecular complexity index is 1050. The van der Waals surface area contributed by atoms with Crippen molar-refractivity contribution in [3.8, 4) is 0 Å². The number of thiazole rings is 1. The van der Waals surface area contributed by atoms with Crippen LogP contribution >= 0.6 is 22.9 Å². The molecule has 0 saturated carbocycles. The largest absolute Gasteiger partial charge is 0.507 e. The van der Waals surface area contributed by atoms with Crippen LogP contribution in [0.4, 0.5) is 5.13 Å². The van der Waals surface area contributed by atoms with Crippen LogP contribution in [0, 0.1) is 0 Å². The van der Waals surface area contributed by atoms with Crippen molar-refractivity contribution in [3.05, 3.63) is 82.1 Å². The Morgan fingerprint density at radius 2 is 1.93 bits per heavy atom. The van der Waals surface area contributed by atoms with Gasteiger partial charge in [0.15, 0.2) is 5.13 Å². The number of anilines is 1. The van der Waals surface area contributed by atoms with Gasteiger partial charge in [0, 0.05) is 34.6 Å². The van der Waals surface area contributed by atoms with Crippen LogP contribution in [0.3, 0.4) is 0 Å². The number of amides is 1. The maximum Gasteiger partial charge on any atom is 0.301 e. The first-order valence-electron chi connectivity index (χ1n) is 7.94. The summed E-state index contributed by atoms with van der Waals surface area (Å²) in [6, 6.07) is 9.15. The average molecular weight is 398 g/mol. The summed E-state index contributed by atoms with van der Waals surface area (Å²) in [6.45, 7) is 0. The fourth-order valence-corrected chi connectivity index (χ4v) is 3.89. The van der Waals surface area contributed by atoms with E-state index >= 15 is 0 Å². The Labute approximate surface area is 163 Å². The number of aromatic nitrogens is 2. The number of nitrogens with zero attached hydrogens (tertiary/aromatic N) is 3. The number of pyridine rings is 1. The van der Waals surface area contributed by atoms with E-state index in [-0.39, 0.29) is 11.3 Å². The molecule has 27 heavy (non-hydrogen) atoms. The van der Waals surface area contributed by atoms with Crippen LogP contribution < -0.4 is 4.90 Å². The van der Waals surface area contributed by atoms with Crippen LogP contribution in [0.2, 0.25) is 5.02 Å². The Kier molecular flexibility index (Phi) is 4.47. The van der Waals surface area contributed by atoms with E-state index in [9.17, 15) is 14.7 Å². The van der Waals surface area contributed by atoms with E-state index in [1.54, 1.807) is 48.0 Å². The number of Topliss-reactive ketones (excluding diaryl/α,β-unsaturated/α-hetero) is 1. The topological polar surface area (TPSA) is 83.4 Å². The van der Waals surface area contributed by atoms with Crippen molar-refractivity contribution in [1.29, 1.82) is 0 Å². The summed E-state index contributed by atoms with van der Waals surface area (Å²) in [5.41, 5.74) is 0.991. The zero-order valence-electron chi connectivity index (χ0n) is 13.7. The highest BCUT2D eigenvalue weighted by Crippen LogP contribution is 2.42. The molecule has 6 nitrogen and oxygen atoms in total. The zero-order valence-corrected chi connectivity index (χ0v) is 15.3. The van der Waals surface area contributed by atoms with Gasteiger partial charge in [-0.3, -0.25) is 19.5 Å². The number of carbonyl (C=O) groups is 2. The first-order chi connectivity index (χ1) is 13.1. The van der Waals surface area contributed by atoms with E-state index in [0.29, 0.717) is 21.3 Å². The van der Waals surface area contributed by atoms with Gasteiger partial charge in [0.1, 0.15) is 5.76 Å². The van der Waals surface area contributed by atoms with Gasteiger partial charge in [-0.1, -0.05) is 23.7 Å². The molecule has 1 aromatic carbocycles. The second kappa shape index (κ2) is 6.94. The molecular weight excluding hydrogens is 386 g/mol. The molecule has 1 atom stereocenters. The lowest BCUT2D eigenvalue weighted by atomic mass is 9.96. The highest BCUT2D eigenvalue weighted by atomic mass is 35.5. The van der Waals surface area contributed by atoms with Crippen molar-refractivity contribution >= 4 is 45.5 Å². The third-order valence-corrected chi connectivity index (χ3v) is 5.19. The first-order valence-corrected chi connectivity index (χ1v) is 9.20. The maximum absolute atomic E-state index is 12.8. The fourth-order valence-electron chi connectivity index (χ4n) is 3.02. The van der Waals surface area contributed by atoms with Crippen molar-refractivity contribution in [2.24, 2.45) is 0 Å². The van der Waals surface area contributed by atoms with Crippen LogP contribution in [0.25, 0.3) is 5.76 Å². The van der Waals surface area contributed by atoms with Gasteiger partial charge in [0.25, 0.3) is 5.78 Å². The van der Waals surface area contributed by atoms with Gasteiger partial charge in [-0.2, -0.15) is 0 Å². The van der Waals surface area contributed by atoms with Gasteiger partial charge in [0.05, 0.1) is 11.6 Å². The number of halogens is 1. The monoisotopic (exact) mass is 397 g/mol. The molecule has 1 aliphatic rings. The van der Waals surface area contributed by atoms with Crippen LogP contribution in [0.5, 0.6) is 0 Å². The summed E-state index contributed by atoms with van der Waals surface area (Å²) in [4.78, 5) is 35.0. The van der Waals surface area contributed by atoms with E-state index < -0.39 is 17.7 Å². The maximum atomic E-state index is 12.8. The average Bonchev–Trinajstić information content (AvgIpc) is 3.29. The van der Waals surface area contributed by atoms with Gasteiger partial charge >= 0.3 is 5.91 Å².